The van der Waals surface area contributed by atoms with Crippen LogP contribution in [-0.2, 0) is 4.74 Å². The molecule has 1 atom stereocenters. The van der Waals surface area contributed by atoms with Gasteiger partial charge in [-0.25, -0.2) is 0 Å². The number of halogens is 1. The maximum atomic E-state index is 6.46. The van der Waals surface area contributed by atoms with Crippen molar-refractivity contribution in [2.75, 3.05) is 51.3 Å². The largest absolute Gasteiger partial charge is 0.379 e. The van der Waals surface area contributed by atoms with Gasteiger partial charge >= 0.3 is 0 Å². The highest BCUT2D eigenvalue weighted by atomic mass is 35.5. The van der Waals surface area contributed by atoms with Gasteiger partial charge in [-0.3, -0.25) is 4.90 Å². The van der Waals surface area contributed by atoms with E-state index in [2.05, 4.69) is 27.3 Å². The minimum atomic E-state index is 0.660. The van der Waals surface area contributed by atoms with Crippen LogP contribution in [0.3, 0.4) is 0 Å². The Hall–Kier alpha value is -1.14. The van der Waals surface area contributed by atoms with Crippen LogP contribution in [0, 0.1) is 12.8 Å². The monoisotopic (exact) mass is 407 g/mol. The first kappa shape index (κ1) is 20.6. The van der Waals surface area contributed by atoms with Crippen molar-refractivity contribution >= 4 is 34.6 Å². The fourth-order valence-corrected chi connectivity index (χ4v) is 4.08. The molecule has 0 saturated carbocycles. The number of benzene rings is 1. The maximum absolute atomic E-state index is 6.46. The van der Waals surface area contributed by atoms with Gasteiger partial charge in [0.15, 0.2) is 5.11 Å². The fourth-order valence-electron chi connectivity index (χ4n) is 3.63. The van der Waals surface area contributed by atoms with Crippen LogP contribution in [0.5, 0.6) is 0 Å². The first-order chi connectivity index (χ1) is 13.1. The van der Waals surface area contributed by atoms with Gasteiger partial charge in [0.2, 0.25) is 0 Å². The molecule has 2 aliphatic rings. The van der Waals surface area contributed by atoms with Crippen LogP contribution in [0.15, 0.2) is 30.4 Å². The van der Waals surface area contributed by atoms with Crippen molar-refractivity contribution in [1.29, 1.82) is 0 Å². The molecule has 0 radical (unpaired) electrons. The van der Waals surface area contributed by atoms with Crippen molar-refractivity contribution < 1.29 is 4.74 Å². The van der Waals surface area contributed by atoms with Gasteiger partial charge < -0.3 is 15.0 Å². The molecule has 1 aliphatic heterocycles. The molecule has 4 nitrogen and oxygen atoms in total. The van der Waals surface area contributed by atoms with Gasteiger partial charge in [0, 0.05) is 32.7 Å². The molecule has 148 valence electrons. The van der Waals surface area contributed by atoms with E-state index in [-0.39, 0.29) is 0 Å². The van der Waals surface area contributed by atoms with Crippen molar-refractivity contribution in [2.24, 2.45) is 5.92 Å². The standard InChI is InChI=1S/C21H30ClN3OS/c1-17-6-5-9-19(20(17)22)23-21(27)25(16-18-7-3-2-4-8-18)11-10-24-12-14-26-15-13-24/h2-3,5-6,9,18H,4,7-8,10-16H2,1H3,(H,23,27). The summed E-state index contributed by atoms with van der Waals surface area (Å²) in [5, 5.41) is 4.91. The zero-order chi connectivity index (χ0) is 19.1. The molecular formula is C21H30ClN3OS. The van der Waals surface area contributed by atoms with E-state index in [0.29, 0.717) is 5.92 Å². The number of morpholine rings is 1. The molecule has 27 heavy (non-hydrogen) atoms. The molecule has 0 spiro atoms. The number of aryl methyl sites for hydroxylation is 1. The summed E-state index contributed by atoms with van der Waals surface area (Å²) < 4.78 is 5.46. The Morgan fingerprint density at radius 1 is 1.33 bits per heavy atom. The third-order valence-electron chi connectivity index (χ3n) is 5.37. The number of hydrogen-bond acceptors (Lipinski definition) is 3. The lowest BCUT2D eigenvalue weighted by atomic mass is 9.94. The topological polar surface area (TPSA) is 27.7 Å². The number of thiocarbonyl (C=S) groups is 1. The van der Waals surface area contributed by atoms with E-state index in [4.69, 9.17) is 28.6 Å². The van der Waals surface area contributed by atoms with E-state index in [1.807, 2.05) is 25.1 Å². The number of allylic oxidation sites excluding steroid dienone is 2. The van der Waals surface area contributed by atoms with Crippen LogP contribution in [0.2, 0.25) is 5.02 Å². The molecular weight excluding hydrogens is 378 g/mol. The molecule has 1 aromatic rings. The van der Waals surface area contributed by atoms with Crippen LogP contribution in [0.25, 0.3) is 0 Å². The Labute approximate surface area is 173 Å². The molecule has 1 N–H and O–H groups in total. The molecule has 1 aliphatic carbocycles. The van der Waals surface area contributed by atoms with Crippen LogP contribution < -0.4 is 5.32 Å². The third-order valence-corrected chi connectivity index (χ3v) is 6.23. The molecule has 6 heteroatoms. The van der Waals surface area contributed by atoms with E-state index in [9.17, 15) is 0 Å². The Morgan fingerprint density at radius 3 is 2.89 bits per heavy atom. The predicted molar refractivity (Wildman–Crippen MR) is 118 cm³/mol. The van der Waals surface area contributed by atoms with Crippen molar-refractivity contribution in [1.82, 2.24) is 9.80 Å². The van der Waals surface area contributed by atoms with Crippen LogP contribution in [-0.4, -0.2) is 60.8 Å². The van der Waals surface area contributed by atoms with Gasteiger partial charge in [-0.1, -0.05) is 35.9 Å². The zero-order valence-corrected chi connectivity index (χ0v) is 17.7. The predicted octanol–water partition coefficient (Wildman–Crippen LogP) is 4.34. The summed E-state index contributed by atoms with van der Waals surface area (Å²) in [7, 11) is 0. The fraction of sp³-hybridized carbons (Fsp3) is 0.571. The molecule has 0 aromatic heterocycles. The first-order valence-corrected chi connectivity index (χ1v) is 10.7. The summed E-state index contributed by atoms with van der Waals surface area (Å²) in [5.41, 5.74) is 1.95. The van der Waals surface area contributed by atoms with E-state index in [0.717, 1.165) is 73.7 Å². The molecule has 1 fully saturated rings. The lowest BCUT2D eigenvalue weighted by molar-refractivity contribution is 0.0356. The highest BCUT2D eigenvalue weighted by molar-refractivity contribution is 7.80. The highest BCUT2D eigenvalue weighted by Crippen LogP contribution is 2.26. The first-order valence-electron chi connectivity index (χ1n) is 9.89. The number of nitrogens with zero attached hydrogens (tertiary/aromatic N) is 2. The lowest BCUT2D eigenvalue weighted by Gasteiger charge is -2.34. The molecule has 1 unspecified atom stereocenters. The second-order valence-electron chi connectivity index (χ2n) is 7.42. The number of ether oxygens (including phenoxy) is 1. The molecule has 1 aromatic carbocycles. The van der Waals surface area contributed by atoms with Gasteiger partial charge in [0.1, 0.15) is 0 Å². The van der Waals surface area contributed by atoms with Crippen molar-refractivity contribution in [2.45, 2.75) is 26.2 Å². The van der Waals surface area contributed by atoms with Crippen LogP contribution in [0.1, 0.15) is 24.8 Å². The smallest absolute Gasteiger partial charge is 0.173 e. The summed E-state index contributed by atoms with van der Waals surface area (Å²) in [6.07, 6.45) is 8.14. The minimum absolute atomic E-state index is 0.660. The van der Waals surface area contributed by atoms with Gasteiger partial charge in [-0.15, -0.1) is 0 Å². The number of rotatable bonds is 6. The Kier molecular flexibility index (Phi) is 7.94. The van der Waals surface area contributed by atoms with Gasteiger partial charge in [0.25, 0.3) is 0 Å². The molecule has 3 rings (SSSR count). The summed E-state index contributed by atoms with van der Waals surface area (Å²) >= 11 is 12.3. The Bertz CT molecular complexity index is 661. The Balaban J connectivity index is 1.64. The van der Waals surface area contributed by atoms with Gasteiger partial charge in [0.05, 0.1) is 23.9 Å². The summed E-state index contributed by atoms with van der Waals surface area (Å²) in [6.45, 7) is 8.60. The SMILES string of the molecule is Cc1cccc(NC(=S)N(CCN2CCOCC2)CC2CC=CCC2)c1Cl. The highest BCUT2D eigenvalue weighted by Gasteiger charge is 2.20. The second kappa shape index (κ2) is 10.4. The average molecular weight is 408 g/mol. The number of hydrogen-bond donors (Lipinski definition) is 1. The molecule has 0 amide bonds. The number of anilines is 1. The Morgan fingerprint density at radius 2 is 2.15 bits per heavy atom. The summed E-state index contributed by atoms with van der Waals surface area (Å²) in [5.74, 6) is 0.660. The van der Waals surface area contributed by atoms with Crippen LogP contribution >= 0.6 is 23.8 Å². The normalized spacial score (nSPS) is 20.4. The minimum Gasteiger partial charge on any atom is -0.379 e. The van der Waals surface area contributed by atoms with E-state index < -0.39 is 0 Å². The summed E-state index contributed by atoms with van der Waals surface area (Å²) in [4.78, 5) is 4.78. The van der Waals surface area contributed by atoms with E-state index in [1.165, 1.54) is 12.8 Å². The molecule has 1 saturated heterocycles. The summed E-state index contributed by atoms with van der Waals surface area (Å²) in [6, 6.07) is 6.02. The van der Waals surface area contributed by atoms with Crippen molar-refractivity contribution in [3.8, 4) is 0 Å². The van der Waals surface area contributed by atoms with Crippen LogP contribution in [0.4, 0.5) is 5.69 Å². The molecule has 1 heterocycles. The van der Waals surface area contributed by atoms with E-state index in [1.54, 1.807) is 0 Å². The lowest BCUT2D eigenvalue weighted by Crippen LogP contribution is -2.45. The zero-order valence-electron chi connectivity index (χ0n) is 16.1. The third kappa shape index (κ3) is 6.18. The quantitative estimate of drug-likeness (QED) is 0.559. The maximum Gasteiger partial charge on any atom is 0.173 e. The average Bonchev–Trinajstić information content (AvgIpc) is 2.70. The van der Waals surface area contributed by atoms with Gasteiger partial charge in [-0.2, -0.15) is 0 Å². The van der Waals surface area contributed by atoms with Crippen molar-refractivity contribution in [3.05, 3.63) is 40.9 Å². The van der Waals surface area contributed by atoms with E-state index >= 15 is 0 Å². The van der Waals surface area contributed by atoms with Crippen molar-refractivity contribution in [3.63, 3.8) is 0 Å². The van der Waals surface area contributed by atoms with Gasteiger partial charge in [-0.05, 0) is 56.0 Å². The number of nitrogens with one attached hydrogen (secondary N) is 1. The molecule has 0 bridgehead atoms. The second-order valence-corrected chi connectivity index (χ2v) is 8.18.